The van der Waals surface area contributed by atoms with E-state index in [1.54, 1.807) is 0 Å². The summed E-state index contributed by atoms with van der Waals surface area (Å²) in [5.41, 5.74) is -5.02. The van der Waals surface area contributed by atoms with Crippen molar-refractivity contribution in [3.63, 3.8) is 0 Å². The minimum Gasteiger partial charge on any atom is -0.508 e. The summed E-state index contributed by atoms with van der Waals surface area (Å²) in [5, 5.41) is 183. The summed E-state index contributed by atoms with van der Waals surface area (Å²) in [6.07, 6.45) is 0. The number of aromatic hydroxyl groups is 17. The standard InChI is InChI=1S/C42H25BO18/c43-23-17(27(47)28(48)19(25(23)45)20-30(50)36(56)39(59)37(57)31(20)51)14-11-7-3-1-5-9(11)13(10-6-2-4-8-12(10)14)15-16-22-24(44)18-21(32(52)35(55)34(54)29(18)49)33(53)42(22)61-41(16)40(60)38(58)26(15)46/h1-8,44-60H. The van der Waals surface area contributed by atoms with Crippen molar-refractivity contribution in [2.24, 2.45) is 0 Å². The molecule has 9 rings (SSSR count). The quantitative estimate of drug-likeness (QED) is 0.0430. The molecule has 0 saturated heterocycles. The number of fused-ring (bicyclic) bond motifs is 6. The first kappa shape index (κ1) is 37.6. The fourth-order valence-electron chi connectivity index (χ4n) is 8.14. The monoisotopic (exact) mass is 828 g/mol. The molecular weight excluding hydrogens is 803 g/mol. The molecule has 0 aliphatic rings. The molecule has 18 nitrogen and oxygen atoms in total. The molecule has 0 aliphatic carbocycles. The summed E-state index contributed by atoms with van der Waals surface area (Å²) in [6, 6.07) is 12.0. The van der Waals surface area contributed by atoms with E-state index in [9.17, 15) is 86.8 Å². The van der Waals surface area contributed by atoms with Crippen molar-refractivity contribution in [3.8, 4) is 131 Å². The second kappa shape index (κ2) is 12.3. The SMILES string of the molecule is [B]c1c(O)c(-c2c(O)c(O)c(O)c(O)c2O)c(O)c(O)c1-c1c2ccccc2c(-c2c(O)c(O)c(O)c3oc4c(O)c5c(O)c(O)c(O)c(O)c5c(O)c4c23)c2ccccc12. The molecule has 8 aromatic carbocycles. The zero-order chi connectivity index (χ0) is 44.0. The summed E-state index contributed by atoms with van der Waals surface area (Å²) in [7, 11) is 6.47. The van der Waals surface area contributed by atoms with Gasteiger partial charge in [0.1, 0.15) is 19.3 Å². The van der Waals surface area contributed by atoms with Gasteiger partial charge in [-0.15, -0.1) is 0 Å². The van der Waals surface area contributed by atoms with Gasteiger partial charge in [0, 0.05) is 27.6 Å². The zero-order valence-electron chi connectivity index (χ0n) is 30.2. The van der Waals surface area contributed by atoms with Crippen LogP contribution in [0.1, 0.15) is 0 Å². The maximum Gasteiger partial charge on any atom is 0.208 e. The Hall–Kier alpha value is -9.00. The Bertz CT molecular complexity index is 3400. The zero-order valence-corrected chi connectivity index (χ0v) is 30.2. The normalized spacial score (nSPS) is 11.8. The Kier molecular flexibility index (Phi) is 7.55. The third-order valence-electron chi connectivity index (χ3n) is 10.9. The van der Waals surface area contributed by atoms with Gasteiger partial charge in [-0.25, -0.2) is 0 Å². The topological polar surface area (TPSA) is 357 Å². The maximum atomic E-state index is 11.8. The summed E-state index contributed by atoms with van der Waals surface area (Å²) < 4.78 is 5.77. The van der Waals surface area contributed by atoms with Gasteiger partial charge in [0.25, 0.3) is 0 Å². The molecule has 1 heterocycles. The number of hydrogen-bond donors (Lipinski definition) is 17. The molecule has 0 spiro atoms. The largest absolute Gasteiger partial charge is 0.508 e. The van der Waals surface area contributed by atoms with E-state index in [4.69, 9.17) is 12.3 Å². The van der Waals surface area contributed by atoms with Crippen LogP contribution in [0.15, 0.2) is 52.9 Å². The molecule has 304 valence electrons. The van der Waals surface area contributed by atoms with Gasteiger partial charge in [0.2, 0.25) is 40.2 Å². The molecule has 1 aromatic heterocycles. The molecular formula is C42H25BO18. The van der Waals surface area contributed by atoms with Gasteiger partial charge in [-0.2, -0.15) is 0 Å². The van der Waals surface area contributed by atoms with Crippen molar-refractivity contribution in [1.82, 2.24) is 0 Å². The molecule has 0 aliphatic heterocycles. The van der Waals surface area contributed by atoms with E-state index in [1.807, 2.05) is 0 Å². The van der Waals surface area contributed by atoms with Crippen LogP contribution in [0.4, 0.5) is 0 Å². The lowest BCUT2D eigenvalue weighted by atomic mass is 9.77. The van der Waals surface area contributed by atoms with E-state index in [0.717, 1.165) is 0 Å². The summed E-state index contributed by atoms with van der Waals surface area (Å²) in [6.45, 7) is 0. The lowest BCUT2D eigenvalue weighted by Crippen LogP contribution is -2.10. The van der Waals surface area contributed by atoms with Gasteiger partial charge in [0.05, 0.1) is 27.3 Å². The van der Waals surface area contributed by atoms with Crippen LogP contribution in [0, 0.1) is 0 Å². The predicted octanol–water partition coefficient (Wildman–Crippen LogP) is 5.84. The molecule has 0 saturated carbocycles. The molecule has 0 amide bonds. The third-order valence-corrected chi connectivity index (χ3v) is 10.9. The Morgan fingerprint density at radius 1 is 0.262 bits per heavy atom. The van der Waals surface area contributed by atoms with Gasteiger partial charge in [0.15, 0.2) is 57.2 Å². The van der Waals surface area contributed by atoms with Crippen molar-refractivity contribution in [2.45, 2.75) is 0 Å². The number of phenolic OH excluding ortho intramolecular Hbond substituents is 17. The van der Waals surface area contributed by atoms with Crippen LogP contribution in [0.25, 0.3) is 87.6 Å². The van der Waals surface area contributed by atoms with E-state index < -0.39 is 158 Å². The van der Waals surface area contributed by atoms with Crippen LogP contribution < -0.4 is 5.46 Å². The molecule has 9 aromatic rings. The molecule has 61 heavy (non-hydrogen) atoms. The highest BCUT2D eigenvalue weighted by Crippen LogP contribution is 2.63. The second-order valence-electron chi connectivity index (χ2n) is 13.9. The first-order valence-corrected chi connectivity index (χ1v) is 17.4. The highest BCUT2D eigenvalue weighted by molar-refractivity contribution is 6.42. The van der Waals surface area contributed by atoms with Crippen LogP contribution in [0.3, 0.4) is 0 Å². The van der Waals surface area contributed by atoms with Crippen molar-refractivity contribution in [2.75, 3.05) is 0 Å². The van der Waals surface area contributed by atoms with E-state index in [0.29, 0.717) is 0 Å². The van der Waals surface area contributed by atoms with E-state index >= 15 is 0 Å². The van der Waals surface area contributed by atoms with Gasteiger partial charge in [-0.3, -0.25) is 0 Å². The number of furan rings is 1. The van der Waals surface area contributed by atoms with Crippen molar-refractivity contribution >= 4 is 67.6 Å². The van der Waals surface area contributed by atoms with Crippen LogP contribution in [-0.4, -0.2) is 94.7 Å². The number of hydrogen-bond acceptors (Lipinski definition) is 18. The van der Waals surface area contributed by atoms with Crippen molar-refractivity contribution in [1.29, 1.82) is 0 Å². The molecule has 0 unspecified atom stereocenters. The highest BCUT2D eigenvalue weighted by Gasteiger charge is 2.36. The van der Waals surface area contributed by atoms with Gasteiger partial charge < -0.3 is 91.2 Å². The van der Waals surface area contributed by atoms with Gasteiger partial charge in [-0.05, 0) is 27.0 Å². The summed E-state index contributed by atoms with van der Waals surface area (Å²) in [5.74, 6) is -20.5. The minimum absolute atomic E-state index is 0.0110. The molecule has 2 radical (unpaired) electrons. The van der Waals surface area contributed by atoms with Crippen molar-refractivity contribution in [3.05, 3.63) is 48.5 Å². The number of rotatable bonds is 3. The third kappa shape index (κ3) is 4.50. The summed E-state index contributed by atoms with van der Waals surface area (Å²) >= 11 is 0. The van der Waals surface area contributed by atoms with E-state index in [1.165, 1.54) is 48.5 Å². The van der Waals surface area contributed by atoms with E-state index in [-0.39, 0.29) is 32.7 Å². The maximum absolute atomic E-state index is 11.8. The fourth-order valence-corrected chi connectivity index (χ4v) is 8.14. The second-order valence-corrected chi connectivity index (χ2v) is 13.9. The number of benzene rings is 8. The summed E-state index contributed by atoms with van der Waals surface area (Å²) in [4.78, 5) is 0. The Morgan fingerprint density at radius 3 is 1.08 bits per heavy atom. The molecule has 0 fully saturated rings. The fraction of sp³-hybridized carbons (Fsp3) is 0. The minimum atomic E-state index is -1.37. The van der Waals surface area contributed by atoms with Crippen LogP contribution in [0.5, 0.6) is 97.7 Å². The lowest BCUT2D eigenvalue weighted by Gasteiger charge is -2.23. The smallest absolute Gasteiger partial charge is 0.208 e. The van der Waals surface area contributed by atoms with E-state index in [2.05, 4.69) is 0 Å². The van der Waals surface area contributed by atoms with Crippen molar-refractivity contribution < 1.29 is 91.2 Å². The lowest BCUT2D eigenvalue weighted by molar-refractivity contribution is 0.329. The molecule has 17 N–H and O–H groups in total. The van der Waals surface area contributed by atoms with Crippen LogP contribution >= 0.6 is 0 Å². The van der Waals surface area contributed by atoms with Gasteiger partial charge >= 0.3 is 0 Å². The molecule has 0 atom stereocenters. The van der Waals surface area contributed by atoms with Gasteiger partial charge in [-0.1, -0.05) is 48.5 Å². The first-order valence-electron chi connectivity index (χ1n) is 17.4. The Labute approximate surface area is 337 Å². The average molecular weight is 828 g/mol. The number of phenols is 17. The Balaban J connectivity index is 1.46. The Morgan fingerprint density at radius 2 is 0.590 bits per heavy atom. The highest BCUT2D eigenvalue weighted by atomic mass is 16.4. The molecule has 0 bridgehead atoms. The predicted molar refractivity (Wildman–Crippen MR) is 216 cm³/mol. The first-order chi connectivity index (χ1) is 28.8. The average Bonchev–Trinajstić information content (AvgIpc) is 3.66. The van der Waals surface area contributed by atoms with Crippen LogP contribution in [-0.2, 0) is 0 Å². The van der Waals surface area contributed by atoms with Crippen LogP contribution in [0.2, 0.25) is 0 Å². The molecule has 19 heteroatoms.